The van der Waals surface area contributed by atoms with Gasteiger partial charge in [0, 0.05) is 12.1 Å². The average Bonchev–Trinajstić information content (AvgIpc) is 2.92. The molecule has 0 aliphatic carbocycles. The van der Waals surface area contributed by atoms with E-state index in [2.05, 4.69) is 4.98 Å². The number of aromatic nitrogens is 2. The number of nitrogens with zero attached hydrogens (tertiary/aromatic N) is 2. The first-order valence-corrected chi connectivity index (χ1v) is 7.55. The molecule has 1 aliphatic heterocycles. The molecule has 0 spiro atoms. The summed E-state index contributed by atoms with van der Waals surface area (Å²) in [5.41, 5.74) is 5.22. The van der Waals surface area contributed by atoms with Crippen molar-refractivity contribution in [3.05, 3.63) is 83.7 Å². The van der Waals surface area contributed by atoms with Gasteiger partial charge in [0.25, 0.3) is 11.5 Å². The number of para-hydroxylation sites is 2. The van der Waals surface area contributed by atoms with Crippen LogP contribution >= 0.6 is 0 Å². The molecule has 2 aromatic carbocycles. The van der Waals surface area contributed by atoms with Crippen molar-refractivity contribution in [3.63, 3.8) is 0 Å². The van der Waals surface area contributed by atoms with Gasteiger partial charge in [-0.1, -0.05) is 42.5 Å². The van der Waals surface area contributed by atoms with Crippen molar-refractivity contribution >= 4 is 28.6 Å². The van der Waals surface area contributed by atoms with Crippen LogP contribution in [0.25, 0.3) is 22.8 Å². The van der Waals surface area contributed by atoms with E-state index in [0.29, 0.717) is 5.69 Å². The van der Waals surface area contributed by atoms with E-state index >= 15 is 0 Å². The molecule has 3 nitrogen and oxygen atoms in total. The summed E-state index contributed by atoms with van der Waals surface area (Å²) in [4.78, 5) is 16.9. The molecule has 110 valence electrons. The van der Waals surface area contributed by atoms with Crippen LogP contribution in [0.15, 0.2) is 66.7 Å². The third-order valence-corrected chi connectivity index (χ3v) is 3.99. The van der Waals surface area contributed by atoms with Crippen molar-refractivity contribution in [2.45, 2.75) is 6.92 Å². The summed E-state index contributed by atoms with van der Waals surface area (Å²) >= 11 is 0. The molecule has 0 fully saturated rings. The summed E-state index contributed by atoms with van der Waals surface area (Å²) in [7, 11) is 0. The summed E-state index contributed by atoms with van der Waals surface area (Å²) in [5.74, 6) is 0.00784. The Kier molecular flexibility index (Phi) is 3.12. The molecular weight excluding hydrogens is 284 g/mol. The Morgan fingerprint density at radius 2 is 1.70 bits per heavy atom. The number of carbonyl (C=O) groups excluding carboxylic acids is 1. The van der Waals surface area contributed by atoms with E-state index in [0.717, 1.165) is 28.0 Å². The molecule has 23 heavy (non-hydrogen) atoms. The Labute approximate surface area is 134 Å². The number of carbonyl (C=O) groups is 1. The second kappa shape index (κ2) is 5.29. The fourth-order valence-electron chi connectivity index (χ4n) is 2.96. The van der Waals surface area contributed by atoms with E-state index in [1.165, 1.54) is 0 Å². The predicted octanol–water partition coefficient (Wildman–Crippen LogP) is 3.58. The van der Waals surface area contributed by atoms with E-state index < -0.39 is 0 Å². The van der Waals surface area contributed by atoms with Crippen molar-refractivity contribution in [2.75, 3.05) is 0 Å². The molecule has 0 bridgehead atoms. The van der Waals surface area contributed by atoms with Crippen LogP contribution in [0.3, 0.4) is 0 Å². The molecule has 0 saturated carbocycles. The van der Waals surface area contributed by atoms with Gasteiger partial charge in [-0.2, -0.15) is 0 Å². The lowest BCUT2D eigenvalue weighted by atomic mass is 10.2. The van der Waals surface area contributed by atoms with Gasteiger partial charge in [0.1, 0.15) is 11.2 Å². The van der Waals surface area contributed by atoms with Crippen LogP contribution in [0, 0.1) is 6.92 Å². The normalized spacial score (nSPS) is 13.6. The van der Waals surface area contributed by atoms with Gasteiger partial charge in [0.05, 0.1) is 6.08 Å². The van der Waals surface area contributed by atoms with E-state index in [4.69, 9.17) is 0 Å². The molecule has 0 saturated heterocycles. The number of rotatable bonds is 2. The summed E-state index contributed by atoms with van der Waals surface area (Å²) in [6.45, 7) is 1.88. The second-order valence-electron chi connectivity index (χ2n) is 5.55. The molecule has 4 rings (SSSR count). The highest BCUT2D eigenvalue weighted by atomic mass is 16.1. The molecule has 1 aromatic heterocycles. The van der Waals surface area contributed by atoms with Gasteiger partial charge in [0.2, 0.25) is 11.2 Å². The van der Waals surface area contributed by atoms with Crippen LogP contribution in [0.4, 0.5) is 0 Å². The second-order valence-corrected chi connectivity index (χ2v) is 5.55. The maximum atomic E-state index is 12.4. The van der Waals surface area contributed by atoms with Crippen molar-refractivity contribution < 1.29 is 9.36 Å². The average molecular weight is 299 g/mol. The first-order chi connectivity index (χ1) is 11.2. The molecule has 0 radical (unpaired) electrons. The maximum absolute atomic E-state index is 12.4. The Bertz CT molecular complexity index is 985. The first kappa shape index (κ1) is 13.6. The molecular formula is C20H15N2O+. The van der Waals surface area contributed by atoms with Gasteiger partial charge in [-0.05, 0) is 24.6 Å². The number of benzene rings is 2. The highest BCUT2D eigenvalue weighted by molar-refractivity contribution is 6.09. The summed E-state index contributed by atoms with van der Waals surface area (Å²) in [6.07, 6.45) is 5.68. The summed E-state index contributed by atoms with van der Waals surface area (Å²) in [6, 6.07) is 17.9. The number of ketones is 1. The standard InChI is InChI=1S/C20H15N2O/c1-14-20-19(23)13-16(12-11-15-7-3-2-4-8-15)22(20)18-10-6-5-9-17(18)21-14/h2-13H,1H3/q+1. The van der Waals surface area contributed by atoms with Crippen LogP contribution in [-0.4, -0.2) is 10.8 Å². The third kappa shape index (κ3) is 2.27. The first-order valence-electron chi connectivity index (χ1n) is 7.55. The smallest absolute Gasteiger partial charge is 0.281 e. The summed E-state index contributed by atoms with van der Waals surface area (Å²) in [5, 5.41) is 0. The quantitative estimate of drug-likeness (QED) is 0.678. The van der Waals surface area contributed by atoms with Gasteiger partial charge in [-0.3, -0.25) is 4.79 Å². The lowest BCUT2D eigenvalue weighted by molar-refractivity contribution is -0.549. The fraction of sp³-hybridized carbons (Fsp3) is 0.0500. The lowest BCUT2D eigenvalue weighted by Crippen LogP contribution is -2.36. The van der Waals surface area contributed by atoms with Gasteiger partial charge < -0.3 is 0 Å². The minimum Gasteiger partial charge on any atom is -0.282 e. The Morgan fingerprint density at radius 1 is 0.957 bits per heavy atom. The largest absolute Gasteiger partial charge is 0.282 e. The number of aryl methyl sites for hydroxylation is 1. The van der Waals surface area contributed by atoms with Crippen LogP contribution in [0.2, 0.25) is 0 Å². The summed E-state index contributed by atoms with van der Waals surface area (Å²) < 4.78 is 2.00. The molecule has 0 amide bonds. The van der Waals surface area contributed by atoms with Crippen LogP contribution in [0.1, 0.15) is 21.7 Å². The third-order valence-electron chi connectivity index (χ3n) is 3.99. The van der Waals surface area contributed by atoms with E-state index in [9.17, 15) is 4.79 Å². The highest BCUT2D eigenvalue weighted by Gasteiger charge is 2.34. The zero-order valence-corrected chi connectivity index (χ0v) is 12.7. The highest BCUT2D eigenvalue weighted by Crippen LogP contribution is 2.20. The molecule has 0 N–H and O–H groups in total. The maximum Gasteiger partial charge on any atom is 0.281 e. The van der Waals surface area contributed by atoms with Crippen LogP contribution < -0.4 is 4.57 Å². The topological polar surface area (TPSA) is 33.8 Å². The minimum absolute atomic E-state index is 0.00784. The van der Waals surface area contributed by atoms with Gasteiger partial charge in [-0.15, -0.1) is 4.57 Å². The van der Waals surface area contributed by atoms with Gasteiger partial charge in [0.15, 0.2) is 0 Å². The zero-order valence-electron chi connectivity index (χ0n) is 12.7. The van der Waals surface area contributed by atoms with Crippen molar-refractivity contribution in [1.82, 2.24) is 4.98 Å². The minimum atomic E-state index is 0.00784. The lowest BCUT2D eigenvalue weighted by Gasteiger charge is -2.02. The van der Waals surface area contributed by atoms with Crippen molar-refractivity contribution in [3.8, 4) is 0 Å². The number of hydrogen-bond donors (Lipinski definition) is 0. The van der Waals surface area contributed by atoms with Crippen LogP contribution in [0.5, 0.6) is 0 Å². The number of allylic oxidation sites excluding steroid dienone is 3. The van der Waals surface area contributed by atoms with Crippen molar-refractivity contribution in [1.29, 1.82) is 0 Å². The van der Waals surface area contributed by atoms with Gasteiger partial charge in [-0.25, -0.2) is 4.98 Å². The molecule has 3 heteroatoms. The van der Waals surface area contributed by atoms with Crippen molar-refractivity contribution in [2.24, 2.45) is 0 Å². The van der Waals surface area contributed by atoms with E-state index in [1.54, 1.807) is 6.08 Å². The number of fused-ring (bicyclic) bond motifs is 3. The molecule has 0 atom stereocenters. The van der Waals surface area contributed by atoms with E-state index in [-0.39, 0.29) is 5.78 Å². The SMILES string of the molecule is Cc1nc2ccccc2[n+]2c1C(=O)C=C2C=Cc1ccccc1. The molecule has 1 aliphatic rings. The predicted molar refractivity (Wildman–Crippen MR) is 90.8 cm³/mol. The van der Waals surface area contributed by atoms with Gasteiger partial charge >= 0.3 is 0 Å². The molecule has 2 heterocycles. The Morgan fingerprint density at radius 3 is 2.52 bits per heavy atom. The molecule has 0 unspecified atom stereocenters. The monoisotopic (exact) mass is 299 g/mol. The molecule has 3 aromatic rings. The zero-order chi connectivity index (χ0) is 15.8. The van der Waals surface area contributed by atoms with E-state index in [1.807, 2.05) is 78.2 Å². The Hall–Kier alpha value is -3.07. The number of hydrogen-bond acceptors (Lipinski definition) is 2. The van der Waals surface area contributed by atoms with Crippen LogP contribution in [-0.2, 0) is 0 Å². The fourth-order valence-corrected chi connectivity index (χ4v) is 2.96. The Balaban J connectivity index is 1.89.